The van der Waals surface area contributed by atoms with Crippen molar-refractivity contribution in [2.24, 2.45) is 13.0 Å². The van der Waals surface area contributed by atoms with E-state index in [2.05, 4.69) is 15.4 Å². The third kappa shape index (κ3) is 3.93. The molecule has 2 aromatic rings. The van der Waals surface area contributed by atoms with E-state index in [1.807, 2.05) is 30.3 Å². The molecule has 0 radical (unpaired) electrons. The number of nitrogens with zero attached hydrogens (tertiary/aromatic N) is 5. The topological polar surface area (TPSA) is 110 Å². The number of amides is 1. The van der Waals surface area contributed by atoms with Gasteiger partial charge in [-0.2, -0.15) is 4.80 Å². The van der Waals surface area contributed by atoms with Crippen molar-refractivity contribution in [3.8, 4) is 0 Å². The number of hydrogen-bond donors (Lipinski definition) is 1. The summed E-state index contributed by atoms with van der Waals surface area (Å²) in [4.78, 5) is 26.6. The highest BCUT2D eigenvalue weighted by Gasteiger charge is 2.38. The Morgan fingerprint density at radius 2 is 2.08 bits per heavy atom. The number of piperidine rings is 1. The molecule has 132 valence electrons. The molecule has 0 bridgehead atoms. The number of aryl methyl sites for hydroxylation is 1. The summed E-state index contributed by atoms with van der Waals surface area (Å²) in [5.74, 6) is -1.11. The van der Waals surface area contributed by atoms with Crippen LogP contribution >= 0.6 is 0 Å². The molecule has 0 spiro atoms. The highest BCUT2D eigenvalue weighted by Crippen LogP contribution is 2.33. The summed E-state index contributed by atoms with van der Waals surface area (Å²) < 4.78 is 5.38. The van der Waals surface area contributed by atoms with E-state index in [0.29, 0.717) is 12.2 Å². The number of carboxylic acids is 1. The second-order valence-electron chi connectivity index (χ2n) is 5.95. The summed E-state index contributed by atoms with van der Waals surface area (Å²) in [6, 6.07) is 8.79. The van der Waals surface area contributed by atoms with E-state index < -0.39 is 24.0 Å². The van der Waals surface area contributed by atoms with Gasteiger partial charge in [-0.15, -0.1) is 10.2 Å². The van der Waals surface area contributed by atoms with Crippen molar-refractivity contribution in [1.82, 2.24) is 25.1 Å². The zero-order chi connectivity index (χ0) is 17.8. The van der Waals surface area contributed by atoms with Crippen molar-refractivity contribution < 1.29 is 19.4 Å². The molecule has 3 rings (SSSR count). The highest BCUT2D eigenvalue weighted by atomic mass is 16.6. The summed E-state index contributed by atoms with van der Waals surface area (Å²) in [6.45, 7) is 0.423. The number of rotatable bonds is 4. The molecule has 2 heterocycles. The quantitative estimate of drug-likeness (QED) is 0.891. The molecule has 2 atom stereocenters. The van der Waals surface area contributed by atoms with Crippen LogP contribution < -0.4 is 0 Å². The molecule has 1 N–H and O–H groups in total. The van der Waals surface area contributed by atoms with Crippen LogP contribution in [0, 0.1) is 5.92 Å². The number of likely N-dealkylation sites (tertiary alicyclic amines) is 1. The minimum atomic E-state index is -0.883. The first-order chi connectivity index (χ1) is 12.0. The van der Waals surface area contributed by atoms with Gasteiger partial charge in [-0.25, -0.2) is 4.79 Å². The van der Waals surface area contributed by atoms with E-state index in [1.54, 1.807) is 7.05 Å². The Balaban J connectivity index is 1.72. The summed E-state index contributed by atoms with van der Waals surface area (Å²) in [5.41, 5.74) is 0.880. The van der Waals surface area contributed by atoms with Crippen molar-refractivity contribution in [1.29, 1.82) is 0 Å². The number of carbonyl (C=O) groups excluding carboxylic acids is 1. The highest BCUT2D eigenvalue weighted by molar-refractivity contribution is 5.72. The largest absolute Gasteiger partial charge is 0.481 e. The SMILES string of the molecule is Cn1nnc(C2CC(C(=O)O)CCN2C(=O)OCc2ccccc2)n1. The zero-order valence-electron chi connectivity index (χ0n) is 13.8. The van der Waals surface area contributed by atoms with Crippen LogP contribution in [0.4, 0.5) is 4.79 Å². The predicted molar refractivity (Wildman–Crippen MR) is 85.2 cm³/mol. The average Bonchev–Trinajstić information content (AvgIpc) is 3.06. The minimum absolute atomic E-state index is 0.152. The maximum Gasteiger partial charge on any atom is 0.410 e. The molecule has 1 aromatic heterocycles. The second kappa shape index (κ2) is 7.29. The summed E-state index contributed by atoms with van der Waals surface area (Å²) in [6.07, 6.45) is 0.0960. The lowest BCUT2D eigenvalue weighted by atomic mass is 9.91. The molecule has 25 heavy (non-hydrogen) atoms. The molecule has 9 nitrogen and oxygen atoms in total. The Morgan fingerprint density at radius 1 is 1.32 bits per heavy atom. The van der Waals surface area contributed by atoms with E-state index in [0.717, 1.165) is 5.56 Å². The molecule has 9 heteroatoms. The van der Waals surface area contributed by atoms with E-state index in [1.165, 1.54) is 9.70 Å². The van der Waals surface area contributed by atoms with E-state index in [4.69, 9.17) is 4.74 Å². The monoisotopic (exact) mass is 345 g/mol. The summed E-state index contributed by atoms with van der Waals surface area (Å²) in [7, 11) is 1.62. The molecule has 1 aliphatic heterocycles. The van der Waals surface area contributed by atoms with Crippen molar-refractivity contribution in [2.75, 3.05) is 6.54 Å². The molecule has 1 saturated heterocycles. The van der Waals surface area contributed by atoms with Gasteiger partial charge in [0.05, 0.1) is 19.0 Å². The lowest BCUT2D eigenvalue weighted by Gasteiger charge is -2.35. The standard InChI is InChI=1S/C16H19N5O4/c1-20-18-14(17-19-20)13-9-12(15(22)23)7-8-21(13)16(24)25-10-11-5-3-2-4-6-11/h2-6,12-13H,7-10H2,1H3,(H,22,23). The van der Waals surface area contributed by atoms with Gasteiger partial charge in [0, 0.05) is 6.54 Å². The molecule has 1 aromatic carbocycles. The molecule has 1 amide bonds. The molecule has 0 saturated carbocycles. The van der Waals surface area contributed by atoms with Gasteiger partial charge in [-0.05, 0) is 23.6 Å². The minimum Gasteiger partial charge on any atom is -0.481 e. The predicted octanol–water partition coefficient (Wildman–Crippen LogP) is 1.38. The van der Waals surface area contributed by atoms with E-state index in [-0.39, 0.29) is 19.6 Å². The molecule has 2 unspecified atom stereocenters. The third-order valence-corrected chi connectivity index (χ3v) is 4.21. The fourth-order valence-electron chi connectivity index (χ4n) is 2.89. The van der Waals surface area contributed by atoms with Gasteiger partial charge < -0.3 is 9.84 Å². The van der Waals surface area contributed by atoms with Crippen molar-refractivity contribution in [2.45, 2.75) is 25.5 Å². The lowest BCUT2D eigenvalue weighted by Crippen LogP contribution is -2.43. The van der Waals surface area contributed by atoms with Gasteiger partial charge in [0.15, 0.2) is 5.82 Å². The number of carboxylic acid groups (broad SMARTS) is 1. The Bertz CT molecular complexity index is 748. The fourth-order valence-corrected chi connectivity index (χ4v) is 2.89. The van der Waals surface area contributed by atoms with E-state index in [9.17, 15) is 14.7 Å². The van der Waals surface area contributed by atoms with Crippen LogP contribution in [0.5, 0.6) is 0 Å². The van der Waals surface area contributed by atoms with Crippen LogP contribution in [-0.4, -0.2) is 48.8 Å². The first-order valence-corrected chi connectivity index (χ1v) is 7.98. The number of hydrogen-bond acceptors (Lipinski definition) is 6. The number of aromatic nitrogens is 4. The number of benzene rings is 1. The van der Waals surface area contributed by atoms with Crippen LogP contribution in [0.1, 0.15) is 30.3 Å². The summed E-state index contributed by atoms with van der Waals surface area (Å²) >= 11 is 0. The lowest BCUT2D eigenvalue weighted by molar-refractivity contribution is -0.144. The Kier molecular flexibility index (Phi) is 4.92. The molecular weight excluding hydrogens is 326 g/mol. The maximum atomic E-state index is 12.5. The fraction of sp³-hybridized carbons (Fsp3) is 0.438. The van der Waals surface area contributed by atoms with Gasteiger partial charge in [0.2, 0.25) is 0 Å². The number of aliphatic carboxylic acids is 1. The molecular formula is C16H19N5O4. The van der Waals surface area contributed by atoms with E-state index >= 15 is 0 Å². The van der Waals surface area contributed by atoms with Crippen LogP contribution in [0.25, 0.3) is 0 Å². The van der Waals surface area contributed by atoms with Crippen LogP contribution in [0.15, 0.2) is 30.3 Å². The maximum absolute atomic E-state index is 12.5. The molecule has 1 aliphatic rings. The van der Waals surface area contributed by atoms with Gasteiger partial charge in [0.25, 0.3) is 0 Å². The van der Waals surface area contributed by atoms with Crippen molar-refractivity contribution in [3.63, 3.8) is 0 Å². The third-order valence-electron chi connectivity index (χ3n) is 4.21. The average molecular weight is 345 g/mol. The van der Waals surface area contributed by atoms with Crippen molar-refractivity contribution >= 4 is 12.1 Å². The Labute approximate surface area is 144 Å². The van der Waals surface area contributed by atoms with Crippen LogP contribution in [0.2, 0.25) is 0 Å². The Hall–Kier alpha value is -2.97. The molecule has 0 aliphatic carbocycles. The van der Waals surface area contributed by atoms with Crippen LogP contribution in [0.3, 0.4) is 0 Å². The number of carbonyl (C=O) groups is 2. The normalized spacial score (nSPS) is 20.3. The second-order valence-corrected chi connectivity index (χ2v) is 5.95. The van der Waals surface area contributed by atoms with Crippen molar-refractivity contribution in [3.05, 3.63) is 41.7 Å². The smallest absolute Gasteiger partial charge is 0.410 e. The first-order valence-electron chi connectivity index (χ1n) is 7.98. The van der Waals surface area contributed by atoms with Crippen LogP contribution in [-0.2, 0) is 23.2 Å². The Morgan fingerprint density at radius 3 is 2.72 bits per heavy atom. The van der Waals surface area contributed by atoms with Gasteiger partial charge in [-0.1, -0.05) is 30.3 Å². The number of tetrazole rings is 1. The zero-order valence-corrected chi connectivity index (χ0v) is 13.8. The van der Waals surface area contributed by atoms with Gasteiger partial charge in [-0.3, -0.25) is 9.69 Å². The molecule has 1 fully saturated rings. The first kappa shape index (κ1) is 16.9. The van der Waals surface area contributed by atoms with Gasteiger partial charge in [0.1, 0.15) is 6.61 Å². The number of ether oxygens (including phenoxy) is 1. The van der Waals surface area contributed by atoms with Gasteiger partial charge >= 0.3 is 12.1 Å². The summed E-state index contributed by atoms with van der Waals surface area (Å²) in [5, 5.41) is 21.1.